The van der Waals surface area contributed by atoms with E-state index >= 15 is 0 Å². The highest BCUT2D eigenvalue weighted by Gasteiger charge is 2.31. The van der Waals surface area contributed by atoms with Crippen molar-refractivity contribution in [2.45, 2.75) is 25.9 Å². The van der Waals surface area contributed by atoms with Gasteiger partial charge in [-0.15, -0.1) is 0 Å². The van der Waals surface area contributed by atoms with Crippen molar-refractivity contribution < 1.29 is 14.3 Å². The highest BCUT2D eigenvalue weighted by molar-refractivity contribution is 5.79. The Balaban J connectivity index is 1.11. The molecule has 0 bridgehead atoms. The highest BCUT2D eigenvalue weighted by atomic mass is 16.5. The SMILES string of the molecule is COc1ccc(Cn2c(CN3CCC[C@H](C(=O)N4CCN(c5cccc(OC)c5)CC4)C3)nc3ccccc32)cc1. The second kappa shape index (κ2) is 12.2. The van der Waals surface area contributed by atoms with E-state index in [0.29, 0.717) is 5.91 Å². The van der Waals surface area contributed by atoms with Gasteiger partial charge in [0.15, 0.2) is 0 Å². The lowest BCUT2D eigenvalue weighted by Gasteiger charge is -2.39. The molecular formula is C33H39N5O3. The Morgan fingerprint density at radius 2 is 1.63 bits per heavy atom. The first-order valence-corrected chi connectivity index (χ1v) is 14.6. The molecule has 1 atom stereocenters. The van der Waals surface area contributed by atoms with Gasteiger partial charge >= 0.3 is 0 Å². The number of para-hydroxylation sites is 2. The van der Waals surface area contributed by atoms with Gasteiger partial charge in [0.2, 0.25) is 5.91 Å². The van der Waals surface area contributed by atoms with Gasteiger partial charge in [-0.1, -0.05) is 30.3 Å². The molecule has 3 heterocycles. The van der Waals surface area contributed by atoms with Crippen LogP contribution in [0.2, 0.25) is 0 Å². The molecule has 2 fully saturated rings. The van der Waals surface area contributed by atoms with Crippen LogP contribution in [-0.2, 0) is 17.9 Å². The predicted molar refractivity (Wildman–Crippen MR) is 162 cm³/mol. The number of hydrogen-bond donors (Lipinski definition) is 0. The fraction of sp³-hybridized carbons (Fsp3) is 0.394. The first-order valence-electron chi connectivity index (χ1n) is 14.6. The van der Waals surface area contributed by atoms with Gasteiger partial charge in [-0.2, -0.15) is 0 Å². The smallest absolute Gasteiger partial charge is 0.227 e. The summed E-state index contributed by atoms with van der Waals surface area (Å²) in [5.74, 6) is 3.09. The molecule has 1 aromatic heterocycles. The zero-order chi connectivity index (χ0) is 28.2. The molecule has 0 saturated carbocycles. The standard InChI is InChI=1S/C33H39N5O3/c1-40-28-14-12-25(13-15-28)22-38-31-11-4-3-10-30(31)34-32(38)24-35-16-6-7-26(23-35)33(39)37-19-17-36(18-20-37)27-8-5-9-29(21-27)41-2/h3-5,8-15,21,26H,6-7,16-20,22-24H2,1-2H3/t26-/m0/s1. The Bertz CT molecular complexity index is 1480. The monoisotopic (exact) mass is 553 g/mol. The molecule has 214 valence electrons. The van der Waals surface area contributed by atoms with E-state index in [2.05, 4.69) is 61.7 Å². The Morgan fingerprint density at radius 1 is 0.854 bits per heavy atom. The molecular weight excluding hydrogens is 514 g/mol. The van der Waals surface area contributed by atoms with Crippen LogP contribution in [0.1, 0.15) is 24.2 Å². The number of methoxy groups -OCH3 is 2. The minimum Gasteiger partial charge on any atom is -0.497 e. The molecule has 8 heteroatoms. The van der Waals surface area contributed by atoms with Crippen molar-refractivity contribution in [2.24, 2.45) is 5.92 Å². The quantitative estimate of drug-likeness (QED) is 0.316. The average molecular weight is 554 g/mol. The lowest BCUT2D eigenvalue weighted by Crippen LogP contribution is -2.52. The topological polar surface area (TPSA) is 63.1 Å². The van der Waals surface area contributed by atoms with Crippen LogP contribution in [0.5, 0.6) is 11.5 Å². The Morgan fingerprint density at radius 3 is 2.41 bits per heavy atom. The third-order valence-electron chi connectivity index (χ3n) is 8.46. The summed E-state index contributed by atoms with van der Waals surface area (Å²) in [5.41, 5.74) is 4.50. The van der Waals surface area contributed by atoms with Crippen molar-refractivity contribution in [1.82, 2.24) is 19.4 Å². The number of aromatic nitrogens is 2. The van der Waals surface area contributed by atoms with Crippen LogP contribution in [-0.4, -0.2) is 78.7 Å². The molecule has 0 spiro atoms. The molecule has 6 rings (SSSR count). The number of carbonyl (C=O) groups excluding carboxylic acids is 1. The van der Waals surface area contributed by atoms with Gasteiger partial charge in [-0.3, -0.25) is 9.69 Å². The number of piperazine rings is 1. The van der Waals surface area contributed by atoms with Gasteiger partial charge in [-0.05, 0) is 61.3 Å². The minimum atomic E-state index is 0.0338. The number of hydrogen-bond acceptors (Lipinski definition) is 6. The summed E-state index contributed by atoms with van der Waals surface area (Å²) < 4.78 is 13.1. The van der Waals surface area contributed by atoms with Crippen molar-refractivity contribution in [1.29, 1.82) is 0 Å². The molecule has 0 radical (unpaired) electrons. The maximum atomic E-state index is 13.6. The predicted octanol–water partition coefficient (Wildman–Crippen LogP) is 4.66. The summed E-state index contributed by atoms with van der Waals surface area (Å²) >= 11 is 0. The number of imidazole rings is 1. The van der Waals surface area contributed by atoms with Gasteiger partial charge in [0, 0.05) is 51.0 Å². The fourth-order valence-corrected chi connectivity index (χ4v) is 6.19. The summed E-state index contributed by atoms with van der Waals surface area (Å²) in [6, 6.07) is 24.7. The second-order valence-electron chi connectivity index (χ2n) is 11.0. The minimum absolute atomic E-state index is 0.0338. The summed E-state index contributed by atoms with van der Waals surface area (Å²) in [7, 11) is 3.38. The Labute approximate surface area is 242 Å². The van der Waals surface area contributed by atoms with E-state index in [9.17, 15) is 4.79 Å². The third kappa shape index (κ3) is 6.03. The molecule has 8 nitrogen and oxygen atoms in total. The Hall–Kier alpha value is -4.04. The van der Waals surface area contributed by atoms with Crippen molar-refractivity contribution in [3.05, 3.63) is 84.2 Å². The van der Waals surface area contributed by atoms with E-state index < -0.39 is 0 Å². The lowest BCUT2D eigenvalue weighted by atomic mass is 9.96. The first-order chi connectivity index (χ1) is 20.1. The number of anilines is 1. The number of amides is 1. The third-order valence-corrected chi connectivity index (χ3v) is 8.46. The van der Waals surface area contributed by atoms with Crippen molar-refractivity contribution in [3.8, 4) is 11.5 Å². The number of ether oxygens (including phenoxy) is 2. The normalized spacial score (nSPS) is 18.0. The largest absolute Gasteiger partial charge is 0.497 e. The first kappa shape index (κ1) is 27.1. The van der Waals surface area contributed by atoms with E-state index in [1.807, 2.05) is 30.3 Å². The van der Waals surface area contributed by atoms with Gasteiger partial charge in [0.1, 0.15) is 17.3 Å². The molecule has 2 saturated heterocycles. The van der Waals surface area contributed by atoms with Crippen molar-refractivity contribution >= 4 is 22.6 Å². The summed E-state index contributed by atoms with van der Waals surface area (Å²) in [4.78, 5) is 25.5. The lowest BCUT2D eigenvalue weighted by molar-refractivity contribution is -0.137. The van der Waals surface area contributed by atoms with Gasteiger partial charge < -0.3 is 23.8 Å². The van der Waals surface area contributed by atoms with E-state index in [4.69, 9.17) is 14.5 Å². The highest BCUT2D eigenvalue weighted by Crippen LogP contribution is 2.26. The number of carbonyl (C=O) groups is 1. The molecule has 1 amide bonds. The molecule has 2 aliphatic rings. The summed E-state index contributed by atoms with van der Waals surface area (Å²) in [5, 5.41) is 0. The van der Waals surface area contributed by atoms with Crippen LogP contribution in [0.25, 0.3) is 11.0 Å². The number of nitrogens with zero attached hydrogens (tertiary/aromatic N) is 5. The average Bonchev–Trinajstić information content (AvgIpc) is 3.37. The van der Waals surface area contributed by atoms with Gasteiger partial charge in [0.25, 0.3) is 0 Å². The maximum absolute atomic E-state index is 13.6. The summed E-state index contributed by atoms with van der Waals surface area (Å²) in [6.45, 7) is 6.43. The van der Waals surface area contributed by atoms with Crippen LogP contribution < -0.4 is 14.4 Å². The van der Waals surface area contributed by atoms with Gasteiger partial charge in [0.05, 0.1) is 37.7 Å². The van der Waals surface area contributed by atoms with Crippen molar-refractivity contribution in [2.75, 3.05) is 58.4 Å². The number of piperidine rings is 1. The molecule has 41 heavy (non-hydrogen) atoms. The van der Waals surface area contributed by atoms with E-state index in [-0.39, 0.29) is 5.92 Å². The molecule has 3 aromatic carbocycles. The zero-order valence-corrected chi connectivity index (χ0v) is 24.0. The van der Waals surface area contributed by atoms with Crippen LogP contribution in [0, 0.1) is 5.92 Å². The fourth-order valence-electron chi connectivity index (χ4n) is 6.19. The Kier molecular flexibility index (Phi) is 8.09. The van der Waals surface area contributed by atoms with E-state index in [1.165, 1.54) is 5.56 Å². The van der Waals surface area contributed by atoms with Crippen LogP contribution >= 0.6 is 0 Å². The summed E-state index contributed by atoms with van der Waals surface area (Å²) in [6.07, 6.45) is 1.98. The molecule has 0 N–H and O–H groups in total. The number of benzene rings is 3. The zero-order valence-electron chi connectivity index (χ0n) is 24.0. The number of rotatable bonds is 8. The molecule has 4 aromatic rings. The number of likely N-dealkylation sites (tertiary alicyclic amines) is 1. The maximum Gasteiger partial charge on any atom is 0.227 e. The molecule has 0 aliphatic carbocycles. The van der Waals surface area contributed by atoms with Gasteiger partial charge in [-0.25, -0.2) is 4.98 Å². The molecule has 2 aliphatic heterocycles. The van der Waals surface area contributed by atoms with E-state index in [0.717, 1.165) is 99.2 Å². The second-order valence-corrected chi connectivity index (χ2v) is 11.0. The van der Waals surface area contributed by atoms with E-state index in [1.54, 1.807) is 14.2 Å². The number of fused-ring (bicyclic) bond motifs is 1. The molecule has 0 unspecified atom stereocenters. The van der Waals surface area contributed by atoms with Crippen LogP contribution in [0.3, 0.4) is 0 Å². The van der Waals surface area contributed by atoms with Crippen molar-refractivity contribution in [3.63, 3.8) is 0 Å². The van der Waals surface area contributed by atoms with Crippen LogP contribution in [0.4, 0.5) is 5.69 Å². The van der Waals surface area contributed by atoms with Crippen LogP contribution in [0.15, 0.2) is 72.8 Å².